The molecule has 1 aromatic rings. The van der Waals surface area contributed by atoms with Crippen LogP contribution in [0.25, 0.3) is 0 Å². The summed E-state index contributed by atoms with van der Waals surface area (Å²) >= 11 is 0. The van der Waals surface area contributed by atoms with Gasteiger partial charge >= 0.3 is 6.03 Å². The maximum absolute atomic E-state index is 12.4. The predicted octanol–water partition coefficient (Wildman–Crippen LogP) is 4.12. The monoisotopic (exact) mass is 414 g/mol. The Morgan fingerprint density at radius 1 is 0.767 bits per heavy atom. The number of anilines is 2. The average Bonchev–Trinajstić information content (AvgIpc) is 3.04. The summed E-state index contributed by atoms with van der Waals surface area (Å²) in [6, 6.07) is 6.97. The van der Waals surface area contributed by atoms with Gasteiger partial charge in [0.25, 0.3) is 0 Å². The summed E-state index contributed by atoms with van der Waals surface area (Å²) in [4.78, 5) is 38.4. The molecule has 3 rings (SSSR count). The molecule has 164 valence electrons. The van der Waals surface area contributed by atoms with Crippen LogP contribution in [0.2, 0.25) is 0 Å². The van der Waals surface area contributed by atoms with E-state index < -0.39 is 0 Å². The Bertz CT molecular complexity index is 706. The minimum atomic E-state index is -0.256. The number of benzene rings is 1. The molecule has 2 aliphatic rings. The van der Waals surface area contributed by atoms with E-state index in [0.717, 1.165) is 38.8 Å². The van der Waals surface area contributed by atoms with E-state index in [2.05, 4.69) is 16.0 Å². The predicted molar refractivity (Wildman–Crippen MR) is 118 cm³/mol. The lowest BCUT2D eigenvalue weighted by Crippen LogP contribution is -2.35. The number of hydrogen-bond acceptors (Lipinski definition) is 3. The second-order valence-electron chi connectivity index (χ2n) is 8.44. The first-order chi connectivity index (χ1) is 14.6. The molecule has 1 heterocycles. The van der Waals surface area contributed by atoms with Crippen molar-refractivity contribution in [1.82, 2.24) is 10.2 Å². The highest BCUT2D eigenvalue weighted by Gasteiger charge is 2.18. The molecule has 30 heavy (non-hydrogen) atoms. The normalized spacial score (nSPS) is 17.7. The Balaban J connectivity index is 1.38. The molecule has 0 spiro atoms. The SMILES string of the molecule is O=C(CC1CCCCC1)NCC(=O)Nc1ccc(NC(=O)N2CCCCCC2)cc1. The van der Waals surface area contributed by atoms with Crippen molar-refractivity contribution in [2.24, 2.45) is 5.92 Å². The number of hydrogen-bond donors (Lipinski definition) is 3. The highest BCUT2D eigenvalue weighted by Crippen LogP contribution is 2.26. The van der Waals surface area contributed by atoms with Crippen LogP contribution in [0.4, 0.5) is 16.2 Å². The number of likely N-dealkylation sites (tertiary alicyclic amines) is 1. The molecule has 2 fully saturated rings. The van der Waals surface area contributed by atoms with E-state index in [0.29, 0.717) is 23.7 Å². The summed E-state index contributed by atoms with van der Waals surface area (Å²) in [5, 5.41) is 8.41. The molecule has 0 aromatic heterocycles. The summed E-state index contributed by atoms with van der Waals surface area (Å²) in [6.07, 6.45) is 10.9. The largest absolute Gasteiger partial charge is 0.347 e. The molecule has 0 unspecified atom stereocenters. The van der Waals surface area contributed by atoms with Crippen LogP contribution in [0.3, 0.4) is 0 Å². The highest BCUT2D eigenvalue weighted by molar-refractivity contribution is 5.95. The maximum Gasteiger partial charge on any atom is 0.321 e. The fraction of sp³-hybridized carbons (Fsp3) is 0.609. The van der Waals surface area contributed by atoms with Gasteiger partial charge < -0.3 is 20.9 Å². The first-order valence-corrected chi connectivity index (χ1v) is 11.3. The molecule has 1 saturated heterocycles. The van der Waals surface area contributed by atoms with Gasteiger partial charge in [0.05, 0.1) is 6.54 Å². The standard InChI is InChI=1S/C23H34N4O3/c28-21(16-18-8-4-3-5-9-18)24-17-22(29)25-19-10-12-20(13-11-19)26-23(30)27-14-6-1-2-7-15-27/h10-13,18H,1-9,14-17H2,(H,24,28)(H,25,29)(H,26,30). The van der Waals surface area contributed by atoms with E-state index >= 15 is 0 Å². The molecule has 1 aromatic carbocycles. The zero-order valence-electron chi connectivity index (χ0n) is 17.8. The second-order valence-corrected chi connectivity index (χ2v) is 8.44. The van der Waals surface area contributed by atoms with Crippen LogP contribution < -0.4 is 16.0 Å². The topological polar surface area (TPSA) is 90.5 Å². The van der Waals surface area contributed by atoms with Gasteiger partial charge in [-0.1, -0.05) is 32.1 Å². The van der Waals surface area contributed by atoms with Crippen LogP contribution in [-0.4, -0.2) is 42.4 Å². The average molecular weight is 415 g/mol. The summed E-state index contributed by atoms with van der Waals surface area (Å²) in [5.41, 5.74) is 1.33. The molecule has 7 nitrogen and oxygen atoms in total. The molecule has 3 N–H and O–H groups in total. The Morgan fingerprint density at radius 3 is 1.97 bits per heavy atom. The first-order valence-electron chi connectivity index (χ1n) is 11.3. The Labute approximate surface area is 179 Å². The van der Waals surface area contributed by atoms with Gasteiger partial charge in [-0.3, -0.25) is 9.59 Å². The number of urea groups is 1. The molecule has 1 saturated carbocycles. The van der Waals surface area contributed by atoms with Gasteiger partial charge in [0.15, 0.2) is 0 Å². The minimum Gasteiger partial charge on any atom is -0.347 e. The minimum absolute atomic E-state index is 0.0288. The van der Waals surface area contributed by atoms with Gasteiger partial charge in [0.2, 0.25) is 11.8 Å². The fourth-order valence-corrected chi connectivity index (χ4v) is 4.22. The van der Waals surface area contributed by atoms with Crippen LogP contribution in [0.5, 0.6) is 0 Å². The first kappa shape index (κ1) is 22.1. The summed E-state index contributed by atoms with van der Waals surface area (Å²) in [5.74, 6) is 0.149. The number of carbonyl (C=O) groups is 3. The zero-order chi connectivity index (χ0) is 21.2. The van der Waals surface area contributed by atoms with E-state index in [1.54, 1.807) is 24.3 Å². The third-order valence-electron chi connectivity index (χ3n) is 5.96. The smallest absolute Gasteiger partial charge is 0.321 e. The Kier molecular flexibility index (Phi) is 8.53. The third kappa shape index (κ3) is 7.35. The Hall–Kier alpha value is -2.57. The molecule has 1 aliphatic heterocycles. The van der Waals surface area contributed by atoms with Crippen molar-refractivity contribution in [3.63, 3.8) is 0 Å². The molecular formula is C23H34N4O3. The lowest BCUT2D eigenvalue weighted by Gasteiger charge is -2.21. The van der Waals surface area contributed by atoms with Crippen LogP contribution >= 0.6 is 0 Å². The van der Waals surface area contributed by atoms with Gasteiger partial charge in [-0.05, 0) is 55.9 Å². The maximum atomic E-state index is 12.4. The van der Waals surface area contributed by atoms with Crippen molar-refractivity contribution in [3.05, 3.63) is 24.3 Å². The van der Waals surface area contributed by atoms with Crippen molar-refractivity contribution in [2.45, 2.75) is 64.2 Å². The molecule has 0 radical (unpaired) electrons. The highest BCUT2D eigenvalue weighted by atomic mass is 16.2. The third-order valence-corrected chi connectivity index (χ3v) is 5.96. The summed E-state index contributed by atoms with van der Waals surface area (Å²) in [7, 11) is 0. The molecule has 1 aliphatic carbocycles. The number of rotatable bonds is 6. The summed E-state index contributed by atoms with van der Waals surface area (Å²) < 4.78 is 0. The van der Waals surface area contributed by atoms with Crippen LogP contribution in [0, 0.1) is 5.92 Å². The van der Waals surface area contributed by atoms with Gasteiger partial charge in [0.1, 0.15) is 0 Å². The van der Waals surface area contributed by atoms with Crippen LogP contribution in [0.1, 0.15) is 64.2 Å². The summed E-state index contributed by atoms with van der Waals surface area (Å²) in [6.45, 7) is 1.57. The van der Waals surface area contributed by atoms with Crippen molar-refractivity contribution in [3.8, 4) is 0 Å². The fourth-order valence-electron chi connectivity index (χ4n) is 4.22. The van der Waals surface area contributed by atoms with Crippen molar-refractivity contribution in [2.75, 3.05) is 30.3 Å². The lowest BCUT2D eigenvalue weighted by molar-refractivity contribution is -0.125. The second kappa shape index (κ2) is 11.6. The number of nitrogens with zero attached hydrogens (tertiary/aromatic N) is 1. The van der Waals surface area contributed by atoms with Crippen LogP contribution in [0.15, 0.2) is 24.3 Å². The van der Waals surface area contributed by atoms with E-state index in [4.69, 9.17) is 0 Å². The van der Waals surface area contributed by atoms with E-state index in [1.807, 2.05) is 4.90 Å². The van der Waals surface area contributed by atoms with Gasteiger partial charge in [-0.2, -0.15) is 0 Å². The lowest BCUT2D eigenvalue weighted by atomic mass is 9.87. The van der Waals surface area contributed by atoms with Crippen molar-refractivity contribution < 1.29 is 14.4 Å². The quantitative estimate of drug-likeness (QED) is 0.654. The molecule has 4 amide bonds. The number of amides is 4. The van der Waals surface area contributed by atoms with Crippen molar-refractivity contribution >= 4 is 29.2 Å². The number of carbonyl (C=O) groups excluding carboxylic acids is 3. The molecular weight excluding hydrogens is 380 g/mol. The van der Waals surface area contributed by atoms with E-state index in [9.17, 15) is 14.4 Å². The molecule has 7 heteroatoms. The zero-order valence-corrected chi connectivity index (χ0v) is 17.8. The van der Waals surface area contributed by atoms with Gasteiger partial charge in [0, 0.05) is 30.9 Å². The number of nitrogens with one attached hydrogen (secondary N) is 3. The van der Waals surface area contributed by atoms with Gasteiger partial charge in [-0.25, -0.2) is 4.79 Å². The Morgan fingerprint density at radius 2 is 1.33 bits per heavy atom. The van der Waals surface area contributed by atoms with Crippen LogP contribution in [-0.2, 0) is 9.59 Å². The van der Waals surface area contributed by atoms with Crippen molar-refractivity contribution in [1.29, 1.82) is 0 Å². The van der Waals surface area contributed by atoms with E-state index in [1.165, 1.54) is 32.1 Å². The van der Waals surface area contributed by atoms with Gasteiger partial charge in [-0.15, -0.1) is 0 Å². The van der Waals surface area contributed by atoms with E-state index in [-0.39, 0.29) is 24.4 Å². The molecule has 0 bridgehead atoms. The molecule has 0 atom stereocenters.